The van der Waals surface area contributed by atoms with E-state index in [0.717, 1.165) is 47.3 Å². The lowest BCUT2D eigenvalue weighted by Crippen LogP contribution is -2.43. The van der Waals surface area contributed by atoms with Crippen LogP contribution in [0.15, 0.2) is 35.7 Å². The van der Waals surface area contributed by atoms with Crippen LogP contribution in [0.2, 0.25) is 0 Å². The van der Waals surface area contributed by atoms with Gasteiger partial charge in [0.15, 0.2) is 0 Å². The van der Waals surface area contributed by atoms with Crippen molar-refractivity contribution in [2.45, 2.75) is 6.54 Å². The molecule has 0 aliphatic carbocycles. The van der Waals surface area contributed by atoms with Crippen molar-refractivity contribution >= 4 is 44.8 Å². The number of nitriles is 1. The molecule has 4 rings (SSSR count). The van der Waals surface area contributed by atoms with Crippen LogP contribution in [0.4, 0.5) is 0 Å². The lowest BCUT2D eigenvalue weighted by Gasteiger charge is -2.31. The second-order valence-electron chi connectivity index (χ2n) is 6.73. The summed E-state index contributed by atoms with van der Waals surface area (Å²) in [6.07, 6.45) is 0. The molecule has 4 nitrogen and oxygen atoms in total. The highest BCUT2D eigenvalue weighted by atomic mass is 127. The number of hydrogen-bond acceptors (Lipinski definition) is 5. The summed E-state index contributed by atoms with van der Waals surface area (Å²) in [5, 5.41) is 12.4. The van der Waals surface area contributed by atoms with Gasteiger partial charge in [-0.1, -0.05) is 12.1 Å². The fraction of sp³-hybridized carbons (Fsp3) is 0.300. The van der Waals surface area contributed by atoms with Crippen LogP contribution in [-0.4, -0.2) is 48.0 Å². The van der Waals surface area contributed by atoms with E-state index in [2.05, 4.69) is 80.1 Å². The molecule has 132 valence electrons. The summed E-state index contributed by atoms with van der Waals surface area (Å²) in [4.78, 5) is 10.9. The third-order valence-corrected chi connectivity index (χ3v) is 6.60. The smallest absolute Gasteiger partial charge is 0.119 e. The molecule has 3 heterocycles. The average Bonchev–Trinajstić information content (AvgIpc) is 3.11. The molecule has 1 fully saturated rings. The number of aromatic nitrogens is 1. The Balaban J connectivity index is 1.56. The Morgan fingerprint density at radius 2 is 1.96 bits per heavy atom. The zero-order valence-electron chi connectivity index (χ0n) is 14.6. The van der Waals surface area contributed by atoms with E-state index in [1.807, 2.05) is 17.4 Å². The summed E-state index contributed by atoms with van der Waals surface area (Å²) < 4.78 is 0.760. The van der Waals surface area contributed by atoms with Crippen molar-refractivity contribution in [3.63, 3.8) is 0 Å². The summed E-state index contributed by atoms with van der Waals surface area (Å²) in [5.74, 6) is 0. The number of fused-ring (bicyclic) bond motifs is 1. The first-order valence-electron chi connectivity index (χ1n) is 8.61. The minimum Gasteiger partial charge on any atom is -0.304 e. The summed E-state index contributed by atoms with van der Waals surface area (Å²) in [5.41, 5.74) is 4.02. The highest BCUT2D eigenvalue weighted by molar-refractivity contribution is 14.1. The molecule has 1 saturated heterocycles. The maximum Gasteiger partial charge on any atom is 0.119 e. The molecule has 0 radical (unpaired) electrons. The molecule has 0 saturated carbocycles. The van der Waals surface area contributed by atoms with Crippen LogP contribution in [0.3, 0.4) is 0 Å². The number of halogens is 1. The van der Waals surface area contributed by atoms with E-state index >= 15 is 0 Å². The van der Waals surface area contributed by atoms with Gasteiger partial charge in [0.05, 0.1) is 11.1 Å². The SMILES string of the molecule is CN1CCN(Cc2cc(-c3ccc4cc(C#N)c(I)nc4c3)cs2)CC1. The minimum atomic E-state index is 0.635. The van der Waals surface area contributed by atoms with Crippen molar-refractivity contribution in [1.82, 2.24) is 14.8 Å². The van der Waals surface area contributed by atoms with Crippen LogP contribution in [0.25, 0.3) is 22.0 Å². The van der Waals surface area contributed by atoms with Crippen molar-refractivity contribution in [2.75, 3.05) is 33.2 Å². The molecular formula is C20H19IN4S. The second kappa shape index (κ2) is 7.61. The standard InChI is InChI=1S/C20H19IN4S/c1-24-4-6-25(7-5-24)12-18-9-17(13-26-18)14-2-3-15-8-16(11-22)20(21)23-19(15)10-14/h2-3,8-10,13H,4-7,12H2,1H3. The third kappa shape index (κ3) is 3.76. The zero-order chi connectivity index (χ0) is 18.1. The predicted octanol–water partition coefficient (Wildman–Crippen LogP) is 4.19. The largest absolute Gasteiger partial charge is 0.304 e. The molecule has 0 bridgehead atoms. The van der Waals surface area contributed by atoms with Gasteiger partial charge >= 0.3 is 0 Å². The monoisotopic (exact) mass is 474 g/mol. The highest BCUT2D eigenvalue weighted by Gasteiger charge is 2.15. The van der Waals surface area contributed by atoms with E-state index in [-0.39, 0.29) is 0 Å². The zero-order valence-corrected chi connectivity index (χ0v) is 17.5. The van der Waals surface area contributed by atoms with Crippen molar-refractivity contribution in [1.29, 1.82) is 5.26 Å². The fourth-order valence-electron chi connectivity index (χ4n) is 3.24. The van der Waals surface area contributed by atoms with Gasteiger partial charge in [-0.15, -0.1) is 11.3 Å². The summed E-state index contributed by atoms with van der Waals surface area (Å²) in [6, 6.07) is 12.7. The van der Waals surface area contributed by atoms with Crippen LogP contribution >= 0.6 is 33.9 Å². The number of benzene rings is 1. The Bertz CT molecular complexity index is 983. The number of piperazine rings is 1. The minimum absolute atomic E-state index is 0.635. The quantitative estimate of drug-likeness (QED) is 0.422. The molecule has 3 aromatic rings. The van der Waals surface area contributed by atoms with Crippen LogP contribution < -0.4 is 0 Å². The van der Waals surface area contributed by atoms with Crippen molar-refractivity contribution in [3.8, 4) is 17.2 Å². The lowest BCUT2D eigenvalue weighted by atomic mass is 10.1. The van der Waals surface area contributed by atoms with E-state index in [1.165, 1.54) is 16.0 Å². The first-order chi connectivity index (χ1) is 12.6. The molecule has 2 aromatic heterocycles. The number of hydrogen-bond donors (Lipinski definition) is 0. The Morgan fingerprint density at radius 1 is 1.15 bits per heavy atom. The Morgan fingerprint density at radius 3 is 2.73 bits per heavy atom. The van der Waals surface area contributed by atoms with Gasteiger partial charge in [0, 0.05) is 43.0 Å². The normalized spacial score (nSPS) is 16.0. The fourth-order valence-corrected chi connectivity index (χ4v) is 4.71. The Labute approximate surface area is 171 Å². The molecule has 0 unspecified atom stereocenters. The summed E-state index contributed by atoms with van der Waals surface area (Å²) in [6.45, 7) is 5.62. The maximum absolute atomic E-state index is 9.16. The van der Waals surface area contributed by atoms with Gasteiger partial charge < -0.3 is 4.90 Å². The first-order valence-corrected chi connectivity index (χ1v) is 10.6. The van der Waals surface area contributed by atoms with Gasteiger partial charge in [-0.3, -0.25) is 4.90 Å². The molecule has 1 aliphatic rings. The van der Waals surface area contributed by atoms with Crippen LogP contribution in [0, 0.1) is 15.0 Å². The van der Waals surface area contributed by atoms with Gasteiger partial charge in [-0.05, 0) is 64.3 Å². The second-order valence-corrected chi connectivity index (χ2v) is 8.74. The molecule has 26 heavy (non-hydrogen) atoms. The van der Waals surface area contributed by atoms with Crippen LogP contribution in [0.5, 0.6) is 0 Å². The summed E-state index contributed by atoms with van der Waals surface area (Å²) >= 11 is 3.96. The molecule has 6 heteroatoms. The van der Waals surface area contributed by atoms with Gasteiger partial charge in [0.1, 0.15) is 9.77 Å². The van der Waals surface area contributed by atoms with Crippen molar-refractivity contribution in [3.05, 3.63) is 49.9 Å². The molecule has 1 aromatic carbocycles. The van der Waals surface area contributed by atoms with E-state index in [0.29, 0.717) is 5.56 Å². The maximum atomic E-state index is 9.16. The average molecular weight is 474 g/mol. The predicted molar refractivity (Wildman–Crippen MR) is 115 cm³/mol. The van der Waals surface area contributed by atoms with Gasteiger partial charge in [-0.25, -0.2) is 4.98 Å². The van der Waals surface area contributed by atoms with Gasteiger partial charge in [0.25, 0.3) is 0 Å². The Hall–Kier alpha value is -1.53. The molecule has 0 amide bonds. The summed E-state index contributed by atoms with van der Waals surface area (Å²) in [7, 11) is 2.19. The lowest BCUT2D eigenvalue weighted by molar-refractivity contribution is 0.149. The van der Waals surface area contributed by atoms with Crippen LogP contribution in [0.1, 0.15) is 10.4 Å². The van der Waals surface area contributed by atoms with E-state index in [4.69, 9.17) is 5.26 Å². The van der Waals surface area contributed by atoms with E-state index < -0.39 is 0 Å². The molecule has 0 N–H and O–H groups in total. The molecule has 0 spiro atoms. The first kappa shape index (κ1) is 17.9. The Kier molecular flexibility index (Phi) is 5.23. The van der Waals surface area contributed by atoms with Crippen molar-refractivity contribution < 1.29 is 0 Å². The topological polar surface area (TPSA) is 43.2 Å². The molecule has 0 atom stereocenters. The highest BCUT2D eigenvalue weighted by Crippen LogP contribution is 2.29. The number of thiophene rings is 1. The number of pyridine rings is 1. The number of likely N-dealkylation sites (N-methyl/N-ethyl adjacent to an activating group) is 1. The van der Waals surface area contributed by atoms with Gasteiger partial charge in [0.2, 0.25) is 0 Å². The van der Waals surface area contributed by atoms with Crippen LogP contribution in [-0.2, 0) is 6.54 Å². The van der Waals surface area contributed by atoms with E-state index in [1.54, 1.807) is 0 Å². The van der Waals surface area contributed by atoms with E-state index in [9.17, 15) is 0 Å². The molecule has 1 aliphatic heterocycles. The van der Waals surface area contributed by atoms with Gasteiger partial charge in [-0.2, -0.15) is 5.26 Å². The molecular weight excluding hydrogens is 455 g/mol. The van der Waals surface area contributed by atoms with Crippen molar-refractivity contribution in [2.24, 2.45) is 0 Å². The number of nitrogens with zero attached hydrogens (tertiary/aromatic N) is 4. The number of rotatable bonds is 3. The third-order valence-electron chi connectivity index (χ3n) is 4.85.